The van der Waals surface area contributed by atoms with Gasteiger partial charge in [0.2, 0.25) is 5.91 Å². The molecule has 1 atom stereocenters. The Morgan fingerprint density at radius 1 is 1.04 bits per heavy atom. The molecule has 1 aromatic heterocycles. The van der Waals surface area contributed by atoms with Crippen molar-refractivity contribution in [2.75, 3.05) is 6.61 Å². The van der Waals surface area contributed by atoms with Crippen molar-refractivity contribution in [3.05, 3.63) is 64.6 Å². The summed E-state index contributed by atoms with van der Waals surface area (Å²) in [6, 6.07) is 15.3. The molecule has 0 bridgehead atoms. The molecule has 1 unspecified atom stereocenters. The molecule has 0 spiro atoms. The van der Waals surface area contributed by atoms with Gasteiger partial charge >= 0.3 is 5.69 Å². The van der Waals surface area contributed by atoms with Crippen LogP contribution in [0.1, 0.15) is 38.8 Å². The van der Waals surface area contributed by atoms with E-state index in [1.165, 1.54) is 0 Å². The van der Waals surface area contributed by atoms with Crippen LogP contribution in [0, 0.1) is 0 Å². The molecule has 0 aliphatic carbocycles. The van der Waals surface area contributed by atoms with Crippen molar-refractivity contribution in [2.45, 2.75) is 46.3 Å². The summed E-state index contributed by atoms with van der Waals surface area (Å²) in [5.74, 6) is 0.734. The van der Waals surface area contributed by atoms with Crippen LogP contribution in [0.15, 0.2) is 53.3 Å². The number of hydrogen-bond acceptors (Lipinski definition) is 3. The largest absolute Gasteiger partial charge is 0.494 e. The van der Waals surface area contributed by atoms with Gasteiger partial charge in [-0.3, -0.25) is 13.9 Å². The quantitative estimate of drug-likeness (QED) is 0.650. The molecule has 3 rings (SSSR count). The second kappa shape index (κ2) is 8.78. The predicted octanol–water partition coefficient (Wildman–Crippen LogP) is 3.49. The number of hydrogen-bond donors (Lipinski definition) is 1. The molecule has 0 saturated heterocycles. The van der Waals surface area contributed by atoms with E-state index in [1.807, 2.05) is 69.3 Å². The molecule has 0 radical (unpaired) electrons. The predicted molar refractivity (Wildman–Crippen MR) is 111 cm³/mol. The minimum absolute atomic E-state index is 0.0731. The van der Waals surface area contributed by atoms with Crippen molar-refractivity contribution in [1.82, 2.24) is 14.5 Å². The fourth-order valence-corrected chi connectivity index (χ4v) is 3.42. The molecule has 0 saturated carbocycles. The van der Waals surface area contributed by atoms with E-state index in [0.717, 1.165) is 22.3 Å². The first-order valence-corrected chi connectivity index (χ1v) is 9.75. The Bertz CT molecular complexity index is 1000. The number of imidazole rings is 1. The minimum atomic E-state index is -0.114. The highest BCUT2D eigenvalue weighted by Gasteiger charge is 2.14. The van der Waals surface area contributed by atoms with Crippen LogP contribution in [0.25, 0.3) is 11.0 Å². The number of aromatic nitrogens is 2. The van der Waals surface area contributed by atoms with E-state index in [4.69, 9.17) is 4.74 Å². The first kappa shape index (κ1) is 19.7. The third kappa shape index (κ3) is 4.11. The third-order valence-electron chi connectivity index (χ3n) is 4.87. The zero-order valence-electron chi connectivity index (χ0n) is 16.6. The number of nitrogens with one attached hydrogen (secondary N) is 1. The number of rotatable bonds is 8. The van der Waals surface area contributed by atoms with Crippen LogP contribution >= 0.6 is 0 Å². The van der Waals surface area contributed by atoms with Gasteiger partial charge in [-0.1, -0.05) is 24.3 Å². The molecule has 1 amide bonds. The fourth-order valence-electron chi connectivity index (χ4n) is 3.42. The van der Waals surface area contributed by atoms with Crippen molar-refractivity contribution < 1.29 is 9.53 Å². The average molecular weight is 381 g/mol. The number of nitrogens with zero attached hydrogens (tertiary/aromatic N) is 2. The van der Waals surface area contributed by atoms with Crippen LogP contribution in [0.3, 0.4) is 0 Å². The Hall–Kier alpha value is -3.02. The fraction of sp³-hybridized carbons (Fsp3) is 0.364. The monoisotopic (exact) mass is 381 g/mol. The van der Waals surface area contributed by atoms with Gasteiger partial charge in [-0.2, -0.15) is 0 Å². The van der Waals surface area contributed by atoms with Gasteiger partial charge in [0.25, 0.3) is 0 Å². The second-order valence-corrected chi connectivity index (χ2v) is 6.71. The van der Waals surface area contributed by atoms with E-state index in [9.17, 15) is 9.59 Å². The molecule has 0 aliphatic rings. The molecule has 1 heterocycles. The van der Waals surface area contributed by atoms with Gasteiger partial charge in [0.1, 0.15) is 5.75 Å². The number of benzene rings is 2. The van der Waals surface area contributed by atoms with E-state index < -0.39 is 0 Å². The lowest BCUT2D eigenvalue weighted by molar-refractivity contribution is -0.121. The molecular weight excluding hydrogens is 354 g/mol. The van der Waals surface area contributed by atoms with Crippen molar-refractivity contribution in [1.29, 1.82) is 0 Å². The van der Waals surface area contributed by atoms with Crippen molar-refractivity contribution in [2.24, 2.45) is 0 Å². The van der Waals surface area contributed by atoms with Gasteiger partial charge in [0.05, 0.1) is 23.7 Å². The molecule has 3 aromatic rings. The summed E-state index contributed by atoms with van der Waals surface area (Å²) < 4.78 is 8.86. The number of carbonyl (C=O) groups is 1. The van der Waals surface area contributed by atoms with Gasteiger partial charge in [-0.15, -0.1) is 0 Å². The lowest BCUT2D eigenvalue weighted by atomic mass is 10.1. The zero-order valence-corrected chi connectivity index (χ0v) is 16.6. The van der Waals surface area contributed by atoms with Gasteiger partial charge in [-0.05, 0) is 50.6 Å². The molecule has 148 valence electrons. The van der Waals surface area contributed by atoms with Crippen molar-refractivity contribution >= 4 is 16.9 Å². The molecule has 0 aliphatic heterocycles. The van der Waals surface area contributed by atoms with E-state index in [-0.39, 0.29) is 24.1 Å². The molecule has 6 nitrogen and oxygen atoms in total. The number of aryl methyl sites for hydroxylation is 2. The third-order valence-corrected chi connectivity index (χ3v) is 4.87. The summed E-state index contributed by atoms with van der Waals surface area (Å²) in [5, 5.41) is 3.00. The van der Waals surface area contributed by atoms with Gasteiger partial charge in [0, 0.05) is 19.5 Å². The summed E-state index contributed by atoms with van der Waals surface area (Å²) in [6.45, 7) is 7.42. The smallest absolute Gasteiger partial charge is 0.329 e. The maximum Gasteiger partial charge on any atom is 0.329 e. The van der Waals surface area contributed by atoms with E-state index >= 15 is 0 Å². The first-order chi connectivity index (χ1) is 13.5. The Morgan fingerprint density at radius 3 is 2.29 bits per heavy atom. The Balaban J connectivity index is 1.65. The minimum Gasteiger partial charge on any atom is -0.494 e. The van der Waals surface area contributed by atoms with Crippen LogP contribution < -0.4 is 15.7 Å². The Kier molecular flexibility index (Phi) is 6.19. The zero-order chi connectivity index (χ0) is 20.1. The first-order valence-electron chi connectivity index (χ1n) is 9.75. The summed E-state index contributed by atoms with van der Waals surface area (Å²) in [7, 11) is 0. The van der Waals surface area contributed by atoms with E-state index in [2.05, 4.69) is 5.32 Å². The lowest BCUT2D eigenvalue weighted by Crippen LogP contribution is -2.30. The average Bonchev–Trinajstić information content (AvgIpc) is 2.97. The SMILES string of the molecule is CCOc1ccc(C(C)NC(=O)CCn2c(=O)n(CC)c3ccccc32)cc1. The molecule has 1 N–H and O–H groups in total. The van der Waals surface area contributed by atoms with Crippen LogP contribution in [0.5, 0.6) is 5.75 Å². The normalized spacial score (nSPS) is 12.1. The maximum absolute atomic E-state index is 12.6. The van der Waals surface area contributed by atoms with Gasteiger partial charge in [-0.25, -0.2) is 4.79 Å². The van der Waals surface area contributed by atoms with Crippen molar-refractivity contribution in [3.8, 4) is 5.75 Å². The summed E-state index contributed by atoms with van der Waals surface area (Å²) in [5.41, 5.74) is 2.70. The molecule has 2 aromatic carbocycles. The summed E-state index contributed by atoms with van der Waals surface area (Å²) in [6.07, 6.45) is 0.249. The highest BCUT2D eigenvalue weighted by Crippen LogP contribution is 2.18. The lowest BCUT2D eigenvalue weighted by Gasteiger charge is -2.15. The number of carbonyl (C=O) groups excluding carboxylic acids is 1. The van der Waals surface area contributed by atoms with E-state index in [1.54, 1.807) is 9.13 Å². The van der Waals surface area contributed by atoms with Crippen LogP contribution in [0.2, 0.25) is 0 Å². The van der Waals surface area contributed by atoms with Gasteiger partial charge in [0.15, 0.2) is 0 Å². The van der Waals surface area contributed by atoms with Gasteiger partial charge < -0.3 is 10.1 Å². The number of fused-ring (bicyclic) bond motifs is 1. The molecule has 0 fully saturated rings. The Morgan fingerprint density at radius 2 is 1.68 bits per heavy atom. The maximum atomic E-state index is 12.6. The van der Waals surface area contributed by atoms with Crippen molar-refractivity contribution in [3.63, 3.8) is 0 Å². The topological polar surface area (TPSA) is 65.3 Å². The molecule has 28 heavy (non-hydrogen) atoms. The second-order valence-electron chi connectivity index (χ2n) is 6.71. The summed E-state index contributed by atoms with van der Waals surface area (Å²) in [4.78, 5) is 25.1. The number of para-hydroxylation sites is 2. The summed E-state index contributed by atoms with van der Waals surface area (Å²) >= 11 is 0. The highest BCUT2D eigenvalue weighted by atomic mass is 16.5. The van der Waals surface area contributed by atoms with Crippen LogP contribution in [0.4, 0.5) is 0 Å². The Labute approximate surface area is 164 Å². The van der Waals surface area contributed by atoms with Crippen LogP contribution in [-0.4, -0.2) is 21.6 Å². The number of amides is 1. The van der Waals surface area contributed by atoms with Crippen LogP contribution in [-0.2, 0) is 17.9 Å². The molecule has 6 heteroatoms. The standard InChI is InChI=1S/C22H27N3O3/c1-4-24-19-8-6-7-9-20(19)25(22(24)27)15-14-21(26)23-16(3)17-10-12-18(13-11-17)28-5-2/h6-13,16H,4-5,14-15H2,1-3H3,(H,23,26). The molecular formula is C22H27N3O3. The van der Waals surface area contributed by atoms with E-state index in [0.29, 0.717) is 19.7 Å². The number of ether oxygens (including phenoxy) is 1. The highest BCUT2D eigenvalue weighted by molar-refractivity contribution is 5.78.